The highest BCUT2D eigenvalue weighted by Crippen LogP contribution is 2.06. The average Bonchev–Trinajstić information content (AvgIpc) is 2.29. The molecule has 0 aliphatic rings. The van der Waals surface area contributed by atoms with E-state index in [1.165, 1.54) is 15.6 Å². The van der Waals surface area contributed by atoms with Gasteiger partial charge in [-0.2, -0.15) is 0 Å². The second-order valence-electron chi connectivity index (χ2n) is 4.11. The molecule has 1 unspecified atom stereocenters. The summed E-state index contributed by atoms with van der Waals surface area (Å²) in [7, 11) is 0. The molecular weight excluding hydrogens is 311 g/mol. The number of hydrogen-bond acceptors (Lipinski definition) is 2. The Morgan fingerprint density at radius 2 is 1.94 bits per heavy atom. The lowest BCUT2D eigenvalue weighted by Gasteiger charge is -2.14. The second-order valence-corrected chi connectivity index (χ2v) is 5.36. The molecule has 0 bridgehead atoms. The first-order valence-corrected chi connectivity index (χ1v) is 6.98. The van der Waals surface area contributed by atoms with Gasteiger partial charge in [-0.25, -0.2) is 0 Å². The Hall–Kier alpha value is -0.130. The molecule has 0 aromatic heterocycles. The molecule has 2 N–H and O–H groups in total. The van der Waals surface area contributed by atoms with Crippen molar-refractivity contribution in [3.05, 3.63) is 33.4 Å². The van der Waals surface area contributed by atoms with E-state index < -0.39 is 0 Å². The molecule has 1 rings (SSSR count). The maximum absolute atomic E-state index is 3.51. The van der Waals surface area contributed by atoms with Crippen LogP contribution in [0.5, 0.6) is 0 Å². The Morgan fingerprint density at radius 1 is 1.25 bits per heavy atom. The molecule has 0 spiro atoms. The molecule has 0 amide bonds. The van der Waals surface area contributed by atoms with Gasteiger partial charge in [0.15, 0.2) is 0 Å². The van der Waals surface area contributed by atoms with Crippen molar-refractivity contribution < 1.29 is 0 Å². The van der Waals surface area contributed by atoms with E-state index in [1.54, 1.807) is 0 Å². The number of benzene rings is 1. The van der Waals surface area contributed by atoms with Gasteiger partial charge in [0, 0.05) is 22.7 Å². The molecule has 1 atom stereocenters. The Bertz CT molecular complexity index is 284. The van der Waals surface area contributed by atoms with Gasteiger partial charge in [0.2, 0.25) is 0 Å². The highest BCUT2D eigenvalue weighted by Gasteiger charge is 2.00. The third-order valence-electron chi connectivity index (χ3n) is 2.45. The van der Waals surface area contributed by atoms with Crippen molar-refractivity contribution in [1.29, 1.82) is 0 Å². The van der Waals surface area contributed by atoms with Crippen molar-refractivity contribution in [1.82, 2.24) is 10.6 Å². The van der Waals surface area contributed by atoms with Crippen molar-refractivity contribution in [2.24, 2.45) is 0 Å². The molecule has 1 aromatic carbocycles. The van der Waals surface area contributed by atoms with E-state index in [0.717, 1.165) is 19.6 Å². The molecule has 3 heteroatoms. The SMILES string of the molecule is CCCNCC(C)NCc1ccc(I)cc1. The zero-order chi connectivity index (χ0) is 11.8. The highest BCUT2D eigenvalue weighted by molar-refractivity contribution is 14.1. The summed E-state index contributed by atoms with van der Waals surface area (Å²) in [6.45, 7) is 7.51. The van der Waals surface area contributed by atoms with E-state index in [-0.39, 0.29) is 0 Å². The third kappa shape index (κ3) is 5.82. The van der Waals surface area contributed by atoms with E-state index in [4.69, 9.17) is 0 Å². The van der Waals surface area contributed by atoms with Crippen LogP contribution in [0.4, 0.5) is 0 Å². The fraction of sp³-hybridized carbons (Fsp3) is 0.538. The summed E-state index contributed by atoms with van der Waals surface area (Å²) in [6.07, 6.45) is 1.20. The summed E-state index contributed by atoms with van der Waals surface area (Å²) in [5.74, 6) is 0. The van der Waals surface area contributed by atoms with Gasteiger partial charge >= 0.3 is 0 Å². The van der Waals surface area contributed by atoms with Crippen LogP contribution in [0.15, 0.2) is 24.3 Å². The molecular formula is C13H21IN2. The van der Waals surface area contributed by atoms with E-state index in [0.29, 0.717) is 6.04 Å². The second kappa shape index (κ2) is 8.03. The lowest BCUT2D eigenvalue weighted by Crippen LogP contribution is -2.36. The van der Waals surface area contributed by atoms with E-state index in [2.05, 4.69) is 71.3 Å². The molecule has 0 aliphatic heterocycles. The van der Waals surface area contributed by atoms with Gasteiger partial charge in [0.05, 0.1) is 0 Å². The predicted molar refractivity (Wildman–Crippen MR) is 78.6 cm³/mol. The van der Waals surface area contributed by atoms with Crippen molar-refractivity contribution in [3.8, 4) is 0 Å². The van der Waals surface area contributed by atoms with Crippen LogP contribution in [0.2, 0.25) is 0 Å². The molecule has 0 aliphatic carbocycles. The monoisotopic (exact) mass is 332 g/mol. The Labute approximate surface area is 112 Å². The van der Waals surface area contributed by atoms with Gasteiger partial charge in [-0.05, 0) is 60.2 Å². The van der Waals surface area contributed by atoms with Gasteiger partial charge in [0.25, 0.3) is 0 Å². The van der Waals surface area contributed by atoms with Gasteiger partial charge < -0.3 is 10.6 Å². The molecule has 0 saturated carbocycles. The van der Waals surface area contributed by atoms with Crippen molar-refractivity contribution in [2.75, 3.05) is 13.1 Å². The molecule has 0 saturated heterocycles. The fourth-order valence-electron chi connectivity index (χ4n) is 1.46. The van der Waals surface area contributed by atoms with E-state index >= 15 is 0 Å². The normalized spacial score (nSPS) is 12.7. The van der Waals surface area contributed by atoms with Crippen LogP contribution in [0.25, 0.3) is 0 Å². The van der Waals surface area contributed by atoms with Crippen molar-refractivity contribution in [2.45, 2.75) is 32.9 Å². The minimum Gasteiger partial charge on any atom is -0.315 e. The zero-order valence-electron chi connectivity index (χ0n) is 10.1. The maximum atomic E-state index is 3.51. The van der Waals surface area contributed by atoms with Crippen LogP contribution in [-0.4, -0.2) is 19.1 Å². The molecule has 2 nitrogen and oxygen atoms in total. The van der Waals surface area contributed by atoms with E-state index in [9.17, 15) is 0 Å². The molecule has 0 radical (unpaired) electrons. The Kier molecular flexibility index (Phi) is 7.00. The van der Waals surface area contributed by atoms with Crippen molar-refractivity contribution in [3.63, 3.8) is 0 Å². The average molecular weight is 332 g/mol. The minimum atomic E-state index is 0.519. The van der Waals surface area contributed by atoms with Crippen LogP contribution in [0.1, 0.15) is 25.8 Å². The van der Waals surface area contributed by atoms with Gasteiger partial charge in [-0.3, -0.25) is 0 Å². The quantitative estimate of drug-likeness (QED) is 0.593. The van der Waals surface area contributed by atoms with Crippen LogP contribution >= 0.6 is 22.6 Å². The number of nitrogens with one attached hydrogen (secondary N) is 2. The first kappa shape index (κ1) is 13.9. The first-order chi connectivity index (χ1) is 7.72. The van der Waals surface area contributed by atoms with Crippen LogP contribution < -0.4 is 10.6 Å². The number of rotatable bonds is 7. The van der Waals surface area contributed by atoms with E-state index in [1.807, 2.05) is 0 Å². The minimum absolute atomic E-state index is 0.519. The molecule has 1 aromatic rings. The van der Waals surface area contributed by atoms with Crippen LogP contribution in [0.3, 0.4) is 0 Å². The first-order valence-electron chi connectivity index (χ1n) is 5.91. The van der Waals surface area contributed by atoms with Crippen LogP contribution in [-0.2, 0) is 6.54 Å². The summed E-state index contributed by atoms with van der Waals surface area (Å²) in [5.41, 5.74) is 1.35. The lowest BCUT2D eigenvalue weighted by molar-refractivity contribution is 0.501. The Morgan fingerprint density at radius 3 is 2.56 bits per heavy atom. The molecule has 0 heterocycles. The lowest BCUT2D eigenvalue weighted by atomic mass is 10.2. The molecule has 90 valence electrons. The molecule has 0 fully saturated rings. The third-order valence-corrected chi connectivity index (χ3v) is 3.16. The van der Waals surface area contributed by atoms with Gasteiger partial charge in [-0.15, -0.1) is 0 Å². The van der Waals surface area contributed by atoms with Gasteiger partial charge in [-0.1, -0.05) is 19.1 Å². The number of hydrogen-bond donors (Lipinski definition) is 2. The Balaban J connectivity index is 2.20. The summed E-state index contributed by atoms with van der Waals surface area (Å²) in [6, 6.07) is 9.18. The summed E-state index contributed by atoms with van der Waals surface area (Å²) in [4.78, 5) is 0. The topological polar surface area (TPSA) is 24.1 Å². The van der Waals surface area contributed by atoms with Crippen molar-refractivity contribution >= 4 is 22.6 Å². The summed E-state index contributed by atoms with van der Waals surface area (Å²) >= 11 is 2.33. The smallest absolute Gasteiger partial charge is 0.0208 e. The maximum Gasteiger partial charge on any atom is 0.0208 e. The van der Waals surface area contributed by atoms with Crippen LogP contribution in [0, 0.1) is 3.57 Å². The summed E-state index contributed by atoms with van der Waals surface area (Å²) < 4.78 is 1.29. The zero-order valence-corrected chi connectivity index (χ0v) is 12.3. The largest absolute Gasteiger partial charge is 0.315 e. The highest BCUT2D eigenvalue weighted by atomic mass is 127. The standard InChI is InChI=1S/C13H21IN2/c1-3-8-15-9-11(2)16-10-12-4-6-13(14)7-5-12/h4-7,11,15-16H,3,8-10H2,1-2H3. The fourth-order valence-corrected chi connectivity index (χ4v) is 1.82. The molecule has 16 heavy (non-hydrogen) atoms. The number of halogens is 1. The summed E-state index contributed by atoms with van der Waals surface area (Å²) in [5, 5.41) is 6.93. The van der Waals surface area contributed by atoms with Gasteiger partial charge in [0.1, 0.15) is 0 Å². The predicted octanol–water partition coefficient (Wildman–Crippen LogP) is 2.77.